The molecule has 2 fully saturated rings. The molecule has 3 atom stereocenters. The highest BCUT2D eigenvalue weighted by Crippen LogP contribution is 2.57. The predicted molar refractivity (Wildman–Crippen MR) is 73.5 cm³/mol. The highest BCUT2D eigenvalue weighted by Gasteiger charge is 2.49. The average Bonchev–Trinajstić information content (AvgIpc) is 2.93. The van der Waals surface area contributed by atoms with Gasteiger partial charge in [0.25, 0.3) is 0 Å². The molecule has 0 heterocycles. The van der Waals surface area contributed by atoms with Crippen LogP contribution in [0.1, 0.15) is 36.8 Å². The Morgan fingerprint density at radius 1 is 1.24 bits per heavy atom. The first kappa shape index (κ1) is 11.6. The maximum Gasteiger partial charge on any atom is 0.0285 e. The van der Waals surface area contributed by atoms with Crippen molar-refractivity contribution >= 4 is 11.6 Å². The zero-order valence-electron chi connectivity index (χ0n) is 10.6. The van der Waals surface area contributed by atoms with Crippen molar-refractivity contribution in [1.82, 2.24) is 0 Å². The van der Waals surface area contributed by atoms with Crippen molar-refractivity contribution in [2.24, 2.45) is 17.3 Å². The van der Waals surface area contributed by atoms with E-state index < -0.39 is 0 Å². The van der Waals surface area contributed by atoms with Gasteiger partial charge in [-0.3, -0.25) is 0 Å². The lowest BCUT2D eigenvalue weighted by atomic mass is 9.71. The second kappa shape index (κ2) is 4.31. The molecule has 1 heteroatoms. The minimum Gasteiger partial charge on any atom is -0.126 e. The number of hydrogen-bond donors (Lipinski definition) is 0. The lowest BCUT2D eigenvalue weighted by Gasteiger charge is -2.36. The molecule has 92 valence electrons. The van der Waals surface area contributed by atoms with Crippen LogP contribution in [0.2, 0.25) is 0 Å². The van der Waals surface area contributed by atoms with Crippen LogP contribution in [0.5, 0.6) is 0 Å². The third-order valence-corrected chi connectivity index (χ3v) is 5.58. The standard InChI is InChI=1S/C16H21Cl/c1-12-2-4-13(5-3-12)9-16(11-17)10-14-6-7-15(16)8-14/h2-5,14-15H,6-11H2,1H3. The lowest BCUT2D eigenvalue weighted by Crippen LogP contribution is -2.32. The average molecular weight is 249 g/mol. The number of halogens is 1. The van der Waals surface area contributed by atoms with Crippen molar-refractivity contribution in [2.75, 3.05) is 5.88 Å². The van der Waals surface area contributed by atoms with Crippen LogP contribution in [0.3, 0.4) is 0 Å². The van der Waals surface area contributed by atoms with E-state index in [0.717, 1.165) is 17.7 Å². The fraction of sp³-hybridized carbons (Fsp3) is 0.625. The maximum absolute atomic E-state index is 6.34. The van der Waals surface area contributed by atoms with Gasteiger partial charge in [-0.15, -0.1) is 11.6 Å². The van der Waals surface area contributed by atoms with Crippen LogP contribution in [0, 0.1) is 24.2 Å². The van der Waals surface area contributed by atoms with E-state index in [-0.39, 0.29) is 0 Å². The van der Waals surface area contributed by atoms with E-state index in [1.807, 2.05) is 0 Å². The summed E-state index contributed by atoms with van der Waals surface area (Å²) in [6, 6.07) is 9.03. The molecule has 17 heavy (non-hydrogen) atoms. The predicted octanol–water partition coefficient (Wildman–Crippen LogP) is 4.58. The molecule has 0 radical (unpaired) electrons. The molecule has 2 bridgehead atoms. The Morgan fingerprint density at radius 3 is 2.53 bits per heavy atom. The van der Waals surface area contributed by atoms with Crippen molar-refractivity contribution in [3.05, 3.63) is 35.4 Å². The van der Waals surface area contributed by atoms with Crippen LogP contribution >= 0.6 is 11.6 Å². The molecule has 0 aromatic heterocycles. The minimum absolute atomic E-state index is 0.416. The molecular formula is C16H21Cl. The van der Waals surface area contributed by atoms with E-state index in [2.05, 4.69) is 31.2 Å². The van der Waals surface area contributed by atoms with Crippen LogP contribution in [-0.2, 0) is 6.42 Å². The summed E-state index contributed by atoms with van der Waals surface area (Å²) in [5, 5.41) is 0. The summed E-state index contributed by atoms with van der Waals surface area (Å²) in [5.74, 6) is 2.72. The molecule has 0 saturated heterocycles. The molecule has 1 aromatic carbocycles. The summed E-state index contributed by atoms with van der Waals surface area (Å²) in [5.41, 5.74) is 3.24. The van der Waals surface area contributed by atoms with Crippen molar-refractivity contribution < 1.29 is 0 Å². The Kier molecular flexibility index (Phi) is 2.94. The van der Waals surface area contributed by atoms with Gasteiger partial charge in [0.05, 0.1) is 0 Å². The summed E-state index contributed by atoms with van der Waals surface area (Å²) in [7, 11) is 0. The quantitative estimate of drug-likeness (QED) is 0.687. The molecular weight excluding hydrogens is 228 g/mol. The zero-order valence-corrected chi connectivity index (χ0v) is 11.3. The number of hydrogen-bond acceptors (Lipinski definition) is 0. The van der Waals surface area contributed by atoms with Crippen molar-refractivity contribution in [3.63, 3.8) is 0 Å². The van der Waals surface area contributed by atoms with Crippen LogP contribution < -0.4 is 0 Å². The van der Waals surface area contributed by atoms with Crippen molar-refractivity contribution in [3.8, 4) is 0 Å². The number of fused-ring (bicyclic) bond motifs is 2. The van der Waals surface area contributed by atoms with Crippen LogP contribution in [0.4, 0.5) is 0 Å². The van der Waals surface area contributed by atoms with E-state index in [1.54, 1.807) is 0 Å². The van der Waals surface area contributed by atoms with Crippen molar-refractivity contribution in [1.29, 1.82) is 0 Å². The van der Waals surface area contributed by atoms with Gasteiger partial charge in [0, 0.05) is 5.88 Å². The number of alkyl halides is 1. The molecule has 3 unspecified atom stereocenters. The SMILES string of the molecule is Cc1ccc(CC2(CCl)CC3CCC2C3)cc1. The van der Waals surface area contributed by atoms with E-state index in [9.17, 15) is 0 Å². The van der Waals surface area contributed by atoms with Crippen LogP contribution in [0.15, 0.2) is 24.3 Å². The second-order valence-electron chi connectivity index (χ2n) is 6.24. The van der Waals surface area contributed by atoms with Gasteiger partial charge in [0.15, 0.2) is 0 Å². The molecule has 3 rings (SSSR count). The molecule has 0 spiro atoms. The number of aryl methyl sites for hydroxylation is 1. The fourth-order valence-corrected chi connectivity index (χ4v) is 4.52. The van der Waals surface area contributed by atoms with Gasteiger partial charge in [0.2, 0.25) is 0 Å². The highest BCUT2D eigenvalue weighted by molar-refractivity contribution is 6.18. The third-order valence-electron chi connectivity index (χ3n) is 5.05. The van der Waals surface area contributed by atoms with E-state index in [1.165, 1.54) is 43.2 Å². The van der Waals surface area contributed by atoms with Crippen molar-refractivity contribution in [2.45, 2.75) is 39.0 Å². The summed E-state index contributed by atoms with van der Waals surface area (Å²) < 4.78 is 0. The first-order chi connectivity index (χ1) is 8.22. The smallest absolute Gasteiger partial charge is 0.0285 e. The molecule has 1 aromatic rings. The zero-order chi connectivity index (χ0) is 11.9. The maximum atomic E-state index is 6.34. The lowest BCUT2D eigenvalue weighted by molar-refractivity contribution is 0.193. The Morgan fingerprint density at radius 2 is 2.00 bits per heavy atom. The van der Waals surface area contributed by atoms with Gasteiger partial charge >= 0.3 is 0 Å². The monoisotopic (exact) mass is 248 g/mol. The molecule has 0 aliphatic heterocycles. The highest BCUT2D eigenvalue weighted by atomic mass is 35.5. The first-order valence-electron chi connectivity index (χ1n) is 6.83. The van der Waals surface area contributed by atoms with Gasteiger partial charge in [0.1, 0.15) is 0 Å². The first-order valence-corrected chi connectivity index (χ1v) is 7.37. The summed E-state index contributed by atoms with van der Waals surface area (Å²) in [6.07, 6.45) is 6.88. The van der Waals surface area contributed by atoms with Gasteiger partial charge in [-0.05, 0) is 55.4 Å². The van der Waals surface area contributed by atoms with Gasteiger partial charge in [-0.1, -0.05) is 36.2 Å². The summed E-state index contributed by atoms with van der Waals surface area (Å²) >= 11 is 6.34. The Labute approximate surface area is 109 Å². The second-order valence-corrected chi connectivity index (χ2v) is 6.51. The third kappa shape index (κ3) is 2.01. The summed E-state index contributed by atoms with van der Waals surface area (Å²) in [4.78, 5) is 0. The molecule has 2 aliphatic rings. The molecule has 0 amide bonds. The topological polar surface area (TPSA) is 0 Å². The van der Waals surface area contributed by atoms with E-state index in [4.69, 9.17) is 11.6 Å². The summed E-state index contributed by atoms with van der Waals surface area (Å²) in [6.45, 7) is 2.15. The molecule has 2 saturated carbocycles. The molecule has 2 aliphatic carbocycles. The van der Waals surface area contributed by atoms with Gasteiger partial charge < -0.3 is 0 Å². The normalized spacial score (nSPS) is 35.4. The minimum atomic E-state index is 0.416. The number of benzene rings is 1. The van der Waals surface area contributed by atoms with E-state index >= 15 is 0 Å². The Balaban J connectivity index is 1.80. The Bertz CT molecular complexity index is 394. The molecule has 0 N–H and O–H groups in total. The van der Waals surface area contributed by atoms with Gasteiger partial charge in [-0.2, -0.15) is 0 Å². The van der Waals surface area contributed by atoms with Crippen LogP contribution in [0.25, 0.3) is 0 Å². The van der Waals surface area contributed by atoms with E-state index in [0.29, 0.717) is 5.41 Å². The van der Waals surface area contributed by atoms with Gasteiger partial charge in [-0.25, -0.2) is 0 Å². The number of rotatable bonds is 3. The fourth-order valence-electron chi connectivity index (χ4n) is 4.10. The van der Waals surface area contributed by atoms with Crippen LogP contribution in [-0.4, -0.2) is 5.88 Å². The Hall–Kier alpha value is -0.490. The largest absolute Gasteiger partial charge is 0.126 e. The molecule has 0 nitrogen and oxygen atoms in total.